The van der Waals surface area contributed by atoms with Crippen molar-refractivity contribution < 1.29 is 10.2 Å². The van der Waals surface area contributed by atoms with Crippen molar-refractivity contribution in [1.29, 1.82) is 0 Å². The van der Waals surface area contributed by atoms with Gasteiger partial charge in [0.2, 0.25) is 0 Å². The standard InChI is InChI=1S/C12H14N2O2/c15-6-5-13-12-10(8-16)7-9-3-1-2-4-11(9)14-12/h1-4,7,15-16H,5-6,8H2,(H,13,14). The molecule has 2 rings (SSSR count). The highest BCUT2D eigenvalue weighted by atomic mass is 16.3. The topological polar surface area (TPSA) is 65.4 Å². The molecule has 4 heteroatoms. The average molecular weight is 218 g/mol. The van der Waals surface area contributed by atoms with Gasteiger partial charge in [0.15, 0.2) is 0 Å². The Bertz CT molecular complexity index is 485. The van der Waals surface area contributed by atoms with Crippen LogP contribution < -0.4 is 5.32 Å². The molecule has 0 unspecified atom stereocenters. The molecule has 0 fully saturated rings. The third-order valence-electron chi connectivity index (χ3n) is 2.38. The molecule has 1 aromatic heterocycles. The van der Waals surface area contributed by atoms with Gasteiger partial charge in [-0.3, -0.25) is 0 Å². The van der Waals surface area contributed by atoms with E-state index in [1.54, 1.807) is 0 Å². The predicted molar refractivity (Wildman–Crippen MR) is 63.2 cm³/mol. The number of nitrogens with zero attached hydrogens (tertiary/aromatic N) is 1. The molecular formula is C12H14N2O2. The van der Waals surface area contributed by atoms with Crippen LogP contribution in [0.1, 0.15) is 5.56 Å². The van der Waals surface area contributed by atoms with Crippen LogP contribution in [0, 0.1) is 0 Å². The Morgan fingerprint density at radius 2 is 2.00 bits per heavy atom. The molecule has 4 nitrogen and oxygen atoms in total. The lowest BCUT2D eigenvalue weighted by molar-refractivity contribution is 0.282. The fourth-order valence-electron chi connectivity index (χ4n) is 1.61. The van der Waals surface area contributed by atoms with Crippen molar-refractivity contribution >= 4 is 16.7 Å². The van der Waals surface area contributed by atoms with Gasteiger partial charge in [-0.2, -0.15) is 0 Å². The van der Waals surface area contributed by atoms with Gasteiger partial charge >= 0.3 is 0 Å². The maximum Gasteiger partial charge on any atom is 0.132 e. The first kappa shape index (κ1) is 10.9. The quantitative estimate of drug-likeness (QED) is 0.719. The zero-order valence-corrected chi connectivity index (χ0v) is 8.85. The Morgan fingerprint density at radius 3 is 2.75 bits per heavy atom. The Kier molecular flexibility index (Phi) is 3.34. The summed E-state index contributed by atoms with van der Waals surface area (Å²) in [7, 11) is 0. The first-order chi connectivity index (χ1) is 7.85. The Morgan fingerprint density at radius 1 is 1.19 bits per heavy atom. The second-order valence-corrected chi connectivity index (χ2v) is 3.50. The van der Waals surface area contributed by atoms with E-state index >= 15 is 0 Å². The summed E-state index contributed by atoms with van der Waals surface area (Å²) in [6.45, 7) is 0.406. The lowest BCUT2D eigenvalue weighted by atomic mass is 10.1. The van der Waals surface area contributed by atoms with Crippen LogP contribution in [0.3, 0.4) is 0 Å². The first-order valence-electron chi connectivity index (χ1n) is 5.19. The van der Waals surface area contributed by atoms with E-state index in [1.807, 2.05) is 30.3 Å². The summed E-state index contributed by atoms with van der Waals surface area (Å²) in [5.74, 6) is 0.634. The molecule has 0 amide bonds. The third kappa shape index (κ3) is 2.13. The third-order valence-corrected chi connectivity index (χ3v) is 2.38. The second-order valence-electron chi connectivity index (χ2n) is 3.50. The van der Waals surface area contributed by atoms with E-state index in [1.165, 1.54) is 0 Å². The molecule has 0 aliphatic rings. The minimum absolute atomic E-state index is 0.0410. The number of nitrogens with one attached hydrogen (secondary N) is 1. The van der Waals surface area contributed by atoms with Crippen molar-refractivity contribution in [2.24, 2.45) is 0 Å². The summed E-state index contributed by atoms with van der Waals surface area (Å²) < 4.78 is 0. The Labute approximate surface area is 93.6 Å². The van der Waals surface area contributed by atoms with Gasteiger partial charge in [0.25, 0.3) is 0 Å². The van der Waals surface area contributed by atoms with Crippen molar-refractivity contribution in [2.45, 2.75) is 6.61 Å². The van der Waals surface area contributed by atoms with Gasteiger partial charge in [0.1, 0.15) is 5.82 Å². The van der Waals surface area contributed by atoms with Crippen molar-refractivity contribution in [3.63, 3.8) is 0 Å². The summed E-state index contributed by atoms with van der Waals surface area (Å²) in [4.78, 5) is 4.40. The van der Waals surface area contributed by atoms with E-state index in [-0.39, 0.29) is 13.2 Å². The number of aromatic nitrogens is 1. The van der Waals surface area contributed by atoms with Crippen LogP contribution in [0.2, 0.25) is 0 Å². The minimum Gasteiger partial charge on any atom is -0.395 e. The molecular weight excluding hydrogens is 204 g/mol. The van der Waals surface area contributed by atoms with Gasteiger partial charge in [-0.25, -0.2) is 4.98 Å². The Hall–Kier alpha value is -1.65. The van der Waals surface area contributed by atoms with Crippen LogP contribution in [-0.2, 0) is 6.61 Å². The number of fused-ring (bicyclic) bond motifs is 1. The van der Waals surface area contributed by atoms with Gasteiger partial charge in [-0.1, -0.05) is 18.2 Å². The molecule has 3 N–H and O–H groups in total. The van der Waals surface area contributed by atoms with Crippen LogP contribution in [0.5, 0.6) is 0 Å². The lowest BCUT2D eigenvalue weighted by Crippen LogP contribution is -2.09. The van der Waals surface area contributed by atoms with E-state index in [2.05, 4.69) is 10.3 Å². The first-order valence-corrected chi connectivity index (χ1v) is 5.19. The molecule has 0 saturated carbocycles. The second kappa shape index (κ2) is 4.92. The number of benzene rings is 1. The molecule has 0 spiro atoms. The monoisotopic (exact) mass is 218 g/mol. The van der Waals surface area contributed by atoms with Gasteiger partial charge in [0.05, 0.1) is 18.7 Å². The van der Waals surface area contributed by atoms with Crippen molar-refractivity contribution in [2.75, 3.05) is 18.5 Å². The molecule has 0 aliphatic carbocycles. The smallest absolute Gasteiger partial charge is 0.132 e. The van der Waals surface area contributed by atoms with Gasteiger partial charge in [-0.05, 0) is 12.1 Å². The molecule has 1 heterocycles. The number of pyridine rings is 1. The SMILES string of the molecule is OCCNc1nc2ccccc2cc1CO. The number of aliphatic hydroxyl groups excluding tert-OH is 2. The summed E-state index contributed by atoms with van der Waals surface area (Å²) in [5, 5.41) is 22.0. The molecule has 16 heavy (non-hydrogen) atoms. The zero-order valence-electron chi connectivity index (χ0n) is 8.85. The maximum absolute atomic E-state index is 9.23. The fourth-order valence-corrected chi connectivity index (χ4v) is 1.61. The molecule has 84 valence electrons. The van der Waals surface area contributed by atoms with E-state index in [4.69, 9.17) is 5.11 Å². The molecule has 0 radical (unpaired) electrons. The number of hydrogen-bond acceptors (Lipinski definition) is 4. The summed E-state index contributed by atoms with van der Waals surface area (Å²) >= 11 is 0. The fraction of sp³-hybridized carbons (Fsp3) is 0.250. The highest BCUT2D eigenvalue weighted by Gasteiger charge is 2.04. The number of aliphatic hydroxyl groups is 2. The summed E-state index contributed by atoms with van der Waals surface area (Å²) in [6, 6.07) is 9.63. The van der Waals surface area contributed by atoms with Gasteiger partial charge in [-0.15, -0.1) is 0 Å². The number of rotatable bonds is 4. The van der Waals surface area contributed by atoms with Crippen LogP contribution in [0.15, 0.2) is 30.3 Å². The van der Waals surface area contributed by atoms with Crippen LogP contribution in [-0.4, -0.2) is 28.3 Å². The number of hydrogen-bond donors (Lipinski definition) is 3. The van der Waals surface area contributed by atoms with Crippen molar-refractivity contribution in [3.8, 4) is 0 Å². The predicted octanol–water partition coefficient (Wildman–Crippen LogP) is 1.13. The summed E-state index contributed by atoms with van der Waals surface area (Å²) in [5.41, 5.74) is 1.62. The Balaban J connectivity index is 2.45. The molecule has 0 aliphatic heterocycles. The lowest BCUT2D eigenvalue weighted by Gasteiger charge is -2.09. The number of para-hydroxylation sites is 1. The van der Waals surface area contributed by atoms with E-state index < -0.39 is 0 Å². The van der Waals surface area contributed by atoms with E-state index in [0.29, 0.717) is 12.4 Å². The van der Waals surface area contributed by atoms with Crippen molar-refractivity contribution in [3.05, 3.63) is 35.9 Å². The molecule has 0 atom stereocenters. The van der Waals surface area contributed by atoms with Crippen LogP contribution in [0.25, 0.3) is 10.9 Å². The van der Waals surface area contributed by atoms with E-state index in [0.717, 1.165) is 16.5 Å². The highest BCUT2D eigenvalue weighted by Crippen LogP contribution is 2.20. The van der Waals surface area contributed by atoms with Gasteiger partial charge < -0.3 is 15.5 Å². The summed E-state index contributed by atoms with van der Waals surface area (Å²) in [6.07, 6.45) is 0. The normalized spacial score (nSPS) is 10.6. The molecule has 1 aromatic carbocycles. The number of anilines is 1. The molecule has 0 bridgehead atoms. The maximum atomic E-state index is 9.23. The van der Waals surface area contributed by atoms with Gasteiger partial charge in [0, 0.05) is 17.5 Å². The van der Waals surface area contributed by atoms with Crippen LogP contribution in [0.4, 0.5) is 5.82 Å². The highest BCUT2D eigenvalue weighted by molar-refractivity contribution is 5.81. The minimum atomic E-state index is -0.0639. The van der Waals surface area contributed by atoms with Crippen molar-refractivity contribution in [1.82, 2.24) is 4.98 Å². The molecule has 0 saturated heterocycles. The largest absolute Gasteiger partial charge is 0.395 e. The molecule has 2 aromatic rings. The average Bonchev–Trinajstić information content (AvgIpc) is 2.35. The van der Waals surface area contributed by atoms with Crippen LogP contribution >= 0.6 is 0 Å². The van der Waals surface area contributed by atoms with E-state index in [9.17, 15) is 5.11 Å². The zero-order chi connectivity index (χ0) is 11.4.